The number of benzene rings is 3. The van der Waals surface area contributed by atoms with Gasteiger partial charge in [0.25, 0.3) is 0 Å². The van der Waals surface area contributed by atoms with Crippen LogP contribution in [0.15, 0.2) is 71.6 Å². The molecule has 1 heterocycles. The smallest absolute Gasteiger partial charge is 0.243 e. The molecule has 0 bridgehead atoms. The first-order valence-corrected chi connectivity index (χ1v) is 12.9. The fraction of sp³-hybridized carbons (Fsp3) is 0.269. The number of para-hydroxylation sites is 1. The van der Waals surface area contributed by atoms with E-state index in [1.54, 1.807) is 19.1 Å². The van der Waals surface area contributed by atoms with E-state index in [1.165, 1.54) is 16.4 Å². The van der Waals surface area contributed by atoms with Gasteiger partial charge in [-0.1, -0.05) is 25.1 Å². The number of carbonyl (C=O) groups excluding carboxylic acids is 1. The van der Waals surface area contributed by atoms with Gasteiger partial charge in [-0.3, -0.25) is 4.79 Å². The van der Waals surface area contributed by atoms with Crippen LogP contribution in [0.5, 0.6) is 5.75 Å². The number of ether oxygens (including phenoxy) is 1. The Balaban J connectivity index is 1.54. The third-order valence-corrected chi connectivity index (χ3v) is 7.75. The Morgan fingerprint density at radius 2 is 1.65 bits per heavy atom. The largest absolute Gasteiger partial charge is 0.494 e. The summed E-state index contributed by atoms with van der Waals surface area (Å²) >= 11 is 0. The molecule has 0 aliphatic heterocycles. The van der Waals surface area contributed by atoms with Gasteiger partial charge in [-0.25, -0.2) is 8.42 Å². The van der Waals surface area contributed by atoms with Crippen molar-refractivity contribution in [2.45, 2.75) is 32.2 Å². The van der Waals surface area contributed by atoms with Crippen molar-refractivity contribution in [1.82, 2.24) is 8.87 Å². The second-order valence-corrected chi connectivity index (χ2v) is 9.82. The highest BCUT2D eigenvalue weighted by Gasteiger charge is 2.25. The minimum atomic E-state index is -3.82. The first-order valence-electron chi connectivity index (χ1n) is 11.4. The standard InChI is InChI=1S/C26H29N3O4S/c1-4-28(34(31,32)21-14-12-20(13-15-21)33-6-3)18-26(30)27-19-11-16-25-23(17-19)22-9-7-8-10-24(22)29(25)5-2/h7-17H,4-6,18H2,1-3H3,(H,27,30). The maximum absolute atomic E-state index is 13.1. The minimum absolute atomic E-state index is 0.124. The zero-order valence-electron chi connectivity index (χ0n) is 19.6. The monoisotopic (exact) mass is 479 g/mol. The Kier molecular flexibility index (Phi) is 6.90. The van der Waals surface area contributed by atoms with Crippen molar-refractivity contribution in [3.05, 3.63) is 66.7 Å². The summed E-state index contributed by atoms with van der Waals surface area (Å²) in [6, 6.07) is 20.2. The fourth-order valence-corrected chi connectivity index (χ4v) is 5.63. The molecule has 0 atom stereocenters. The van der Waals surface area contributed by atoms with Gasteiger partial charge in [-0.15, -0.1) is 0 Å². The molecule has 0 unspecified atom stereocenters. The summed E-state index contributed by atoms with van der Waals surface area (Å²) in [7, 11) is -3.82. The maximum atomic E-state index is 13.1. The fourth-order valence-electron chi connectivity index (χ4n) is 4.22. The topological polar surface area (TPSA) is 80.6 Å². The van der Waals surface area contributed by atoms with Crippen LogP contribution in [0, 0.1) is 0 Å². The first kappa shape index (κ1) is 23.8. The summed E-state index contributed by atoms with van der Waals surface area (Å²) < 4.78 is 34.9. The molecule has 34 heavy (non-hydrogen) atoms. The number of likely N-dealkylation sites (N-methyl/N-ethyl adjacent to an activating group) is 1. The summed E-state index contributed by atoms with van der Waals surface area (Å²) in [6.45, 7) is 6.91. The Morgan fingerprint density at radius 1 is 0.941 bits per heavy atom. The number of hydrogen-bond donors (Lipinski definition) is 1. The van der Waals surface area contributed by atoms with E-state index in [1.807, 2.05) is 37.3 Å². The Bertz CT molecular complexity index is 1430. The van der Waals surface area contributed by atoms with Crippen molar-refractivity contribution in [1.29, 1.82) is 0 Å². The second kappa shape index (κ2) is 9.87. The molecule has 0 radical (unpaired) electrons. The number of fused-ring (bicyclic) bond motifs is 3. The first-order chi connectivity index (χ1) is 16.4. The van der Waals surface area contributed by atoms with Crippen molar-refractivity contribution in [2.24, 2.45) is 0 Å². The molecule has 0 spiro atoms. The van der Waals surface area contributed by atoms with Crippen LogP contribution < -0.4 is 10.1 Å². The minimum Gasteiger partial charge on any atom is -0.494 e. The van der Waals surface area contributed by atoms with Gasteiger partial charge < -0.3 is 14.6 Å². The summed E-state index contributed by atoms with van der Waals surface area (Å²) in [4.78, 5) is 12.9. The quantitative estimate of drug-likeness (QED) is 0.372. The third-order valence-electron chi connectivity index (χ3n) is 5.82. The Labute approximate surface area is 200 Å². The highest BCUT2D eigenvalue weighted by atomic mass is 32.2. The lowest BCUT2D eigenvalue weighted by Crippen LogP contribution is -2.37. The van der Waals surface area contributed by atoms with Crippen molar-refractivity contribution >= 4 is 43.4 Å². The van der Waals surface area contributed by atoms with Crippen LogP contribution in [0.25, 0.3) is 21.8 Å². The Morgan fingerprint density at radius 3 is 2.32 bits per heavy atom. The lowest BCUT2D eigenvalue weighted by Gasteiger charge is -2.20. The molecule has 0 fully saturated rings. The van der Waals surface area contributed by atoms with Gasteiger partial charge in [-0.05, 0) is 62.4 Å². The maximum Gasteiger partial charge on any atom is 0.243 e. The zero-order valence-corrected chi connectivity index (χ0v) is 20.4. The van der Waals surface area contributed by atoms with Crippen LogP contribution in [0.3, 0.4) is 0 Å². The molecular formula is C26H29N3O4S. The second-order valence-electron chi connectivity index (χ2n) is 7.88. The number of rotatable bonds is 9. The lowest BCUT2D eigenvalue weighted by atomic mass is 10.1. The molecule has 7 nitrogen and oxygen atoms in total. The summed E-state index contributed by atoms with van der Waals surface area (Å²) in [5.41, 5.74) is 2.86. The number of aryl methyl sites for hydroxylation is 1. The summed E-state index contributed by atoms with van der Waals surface area (Å²) in [6.07, 6.45) is 0. The molecule has 1 N–H and O–H groups in total. The van der Waals surface area contributed by atoms with Gasteiger partial charge in [0.05, 0.1) is 18.0 Å². The lowest BCUT2D eigenvalue weighted by molar-refractivity contribution is -0.116. The number of nitrogens with one attached hydrogen (secondary N) is 1. The van der Waals surface area contributed by atoms with Crippen LogP contribution in [0.2, 0.25) is 0 Å². The number of carbonyl (C=O) groups is 1. The summed E-state index contributed by atoms with van der Waals surface area (Å²) in [5.74, 6) is 0.206. The number of hydrogen-bond acceptors (Lipinski definition) is 4. The molecule has 4 rings (SSSR count). The number of nitrogens with zero attached hydrogens (tertiary/aromatic N) is 2. The van der Waals surface area contributed by atoms with Crippen molar-refractivity contribution in [2.75, 3.05) is 25.0 Å². The van der Waals surface area contributed by atoms with Crippen molar-refractivity contribution < 1.29 is 17.9 Å². The molecule has 1 amide bonds. The van der Waals surface area contributed by atoms with Gasteiger partial charge in [0.1, 0.15) is 5.75 Å². The SMILES string of the molecule is CCOc1ccc(S(=O)(=O)N(CC)CC(=O)Nc2ccc3c(c2)c2ccccc2n3CC)cc1. The number of aromatic nitrogens is 1. The molecular weight excluding hydrogens is 450 g/mol. The van der Waals surface area contributed by atoms with E-state index in [9.17, 15) is 13.2 Å². The average Bonchev–Trinajstić information content (AvgIpc) is 3.16. The van der Waals surface area contributed by atoms with Crippen LogP contribution in [-0.2, 0) is 21.4 Å². The molecule has 1 aromatic heterocycles. The van der Waals surface area contributed by atoms with E-state index in [4.69, 9.17) is 4.74 Å². The van der Waals surface area contributed by atoms with Gasteiger partial charge in [-0.2, -0.15) is 4.31 Å². The highest BCUT2D eigenvalue weighted by Crippen LogP contribution is 2.31. The Hall–Kier alpha value is -3.36. The van der Waals surface area contributed by atoms with E-state index in [0.29, 0.717) is 18.0 Å². The van der Waals surface area contributed by atoms with Crippen molar-refractivity contribution in [3.8, 4) is 5.75 Å². The van der Waals surface area contributed by atoms with Crippen LogP contribution in [0.4, 0.5) is 5.69 Å². The average molecular weight is 480 g/mol. The third kappa shape index (κ3) is 4.51. The van der Waals surface area contributed by atoms with Crippen LogP contribution >= 0.6 is 0 Å². The molecule has 0 aliphatic carbocycles. The number of sulfonamides is 1. The normalized spacial score (nSPS) is 11.9. The van der Waals surface area contributed by atoms with Gasteiger partial charge in [0, 0.05) is 40.6 Å². The van der Waals surface area contributed by atoms with Crippen LogP contribution in [0.1, 0.15) is 20.8 Å². The predicted molar refractivity (Wildman–Crippen MR) is 136 cm³/mol. The van der Waals surface area contributed by atoms with Gasteiger partial charge in [0.15, 0.2) is 0 Å². The molecule has 8 heteroatoms. The molecule has 0 saturated heterocycles. The molecule has 0 saturated carbocycles. The van der Waals surface area contributed by atoms with E-state index in [-0.39, 0.29) is 18.0 Å². The molecule has 3 aromatic carbocycles. The van der Waals surface area contributed by atoms with Crippen molar-refractivity contribution in [3.63, 3.8) is 0 Å². The molecule has 178 valence electrons. The van der Waals surface area contributed by atoms with Crippen LogP contribution in [-0.4, -0.2) is 42.9 Å². The van der Waals surface area contributed by atoms with E-state index in [0.717, 1.165) is 28.4 Å². The molecule has 4 aromatic rings. The van der Waals surface area contributed by atoms with E-state index < -0.39 is 15.9 Å². The number of amides is 1. The predicted octanol–water partition coefficient (Wildman–Crippen LogP) is 4.86. The van der Waals surface area contributed by atoms with E-state index >= 15 is 0 Å². The number of anilines is 1. The zero-order chi connectivity index (χ0) is 24.3. The summed E-state index contributed by atoms with van der Waals surface area (Å²) in [5, 5.41) is 5.03. The van der Waals surface area contributed by atoms with E-state index in [2.05, 4.69) is 28.9 Å². The van der Waals surface area contributed by atoms with Gasteiger partial charge >= 0.3 is 0 Å². The highest BCUT2D eigenvalue weighted by molar-refractivity contribution is 7.89. The molecule has 0 aliphatic rings. The van der Waals surface area contributed by atoms with Gasteiger partial charge in [0.2, 0.25) is 15.9 Å².